The van der Waals surface area contributed by atoms with E-state index in [4.69, 9.17) is 22.4 Å². The zero-order chi connectivity index (χ0) is 12.7. The van der Waals surface area contributed by atoms with Crippen LogP contribution in [0.4, 0.5) is 5.82 Å². The molecule has 6 heteroatoms. The van der Waals surface area contributed by atoms with Crippen LogP contribution in [0.25, 0.3) is 0 Å². The average molecular weight is 252 g/mol. The van der Waals surface area contributed by atoms with Crippen molar-refractivity contribution in [3.63, 3.8) is 0 Å². The van der Waals surface area contributed by atoms with Gasteiger partial charge in [0.25, 0.3) is 0 Å². The summed E-state index contributed by atoms with van der Waals surface area (Å²) in [5.41, 5.74) is 5.55. The van der Waals surface area contributed by atoms with Crippen molar-refractivity contribution in [3.05, 3.63) is 53.4 Å². The Labute approximate surface area is 103 Å². The number of carboxylic acid groups (broad SMARTS) is 1. The lowest BCUT2D eigenvalue weighted by Gasteiger charge is -1.88. The molecule has 1 aromatic heterocycles. The standard InChI is InChI=1S/C7H6O2.C4H4ClN3/c8-7(9)6-4-2-1-3-5-6;5-4-7-2-1-3(6)8-4/h1-5H,(H,8,9);1-2H,(H2,6,7,8). The lowest BCUT2D eigenvalue weighted by Crippen LogP contribution is -1.93. The van der Waals surface area contributed by atoms with Gasteiger partial charge in [0.05, 0.1) is 5.56 Å². The molecule has 0 saturated carbocycles. The number of hydrogen-bond acceptors (Lipinski definition) is 4. The Hall–Kier alpha value is -2.14. The first-order valence-corrected chi connectivity index (χ1v) is 5.00. The van der Waals surface area contributed by atoms with Crippen LogP contribution in [0.5, 0.6) is 0 Å². The second kappa shape index (κ2) is 6.44. The van der Waals surface area contributed by atoms with E-state index in [1.165, 1.54) is 6.20 Å². The molecule has 0 radical (unpaired) electrons. The van der Waals surface area contributed by atoms with Crippen molar-refractivity contribution in [1.29, 1.82) is 0 Å². The molecule has 0 spiro atoms. The number of carbonyl (C=O) groups is 1. The second-order valence-electron chi connectivity index (χ2n) is 2.92. The number of hydrogen-bond donors (Lipinski definition) is 2. The third-order valence-corrected chi connectivity index (χ3v) is 1.85. The van der Waals surface area contributed by atoms with Crippen LogP contribution in [0.2, 0.25) is 5.28 Å². The zero-order valence-electron chi connectivity index (χ0n) is 8.75. The summed E-state index contributed by atoms with van der Waals surface area (Å²) in [5, 5.41) is 8.57. The van der Waals surface area contributed by atoms with Crippen LogP contribution in [-0.4, -0.2) is 21.0 Å². The van der Waals surface area contributed by atoms with Gasteiger partial charge in [0, 0.05) is 6.20 Å². The Morgan fingerprint density at radius 2 is 1.88 bits per heavy atom. The smallest absolute Gasteiger partial charge is 0.335 e. The zero-order valence-corrected chi connectivity index (χ0v) is 9.50. The molecule has 2 rings (SSSR count). The molecule has 3 N–H and O–H groups in total. The maximum absolute atomic E-state index is 10.2. The average Bonchev–Trinajstić information content (AvgIpc) is 2.30. The van der Waals surface area contributed by atoms with E-state index in [1.807, 2.05) is 0 Å². The topological polar surface area (TPSA) is 89.1 Å². The molecule has 0 aliphatic carbocycles. The van der Waals surface area contributed by atoms with E-state index in [2.05, 4.69) is 9.97 Å². The number of benzene rings is 1. The number of nitrogen functional groups attached to an aromatic ring is 1. The Kier molecular flexibility index (Phi) is 4.90. The fourth-order valence-electron chi connectivity index (χ4n) is 0.929. The van der Waals surface area contributed by atoms with Crippen molar-refractivity contribution in [3.8, 4) is 0 Å². The molecule has 0 fully saturated rings. The summed E-state index contributed by atoms with van der Waals surface area (Å²) in [7, 11) is 0. The SMILES string of the molecule is Nc1ccnc(Cl)n1.O=C(O)c1ccccc1. The van der Waals surface area contributed by atoms with Gasteiger partial charge in [-0.15, -0.1) is 0 Å². The molecule has 17 heavy (non-hydrogen) atoms. The van der Waals surface area contributed by atoms with E-state index < -0.39 is 5.97 Å². The summed E-state index contributed by atoms with van der Waals surface area (Å²) in [6.07, 6.45) is 1.50. The largest absolute Gasteiger partial charge is 0.478 e. The van der Waals surface area contributed by atoms with Crippen molar-refractivity contribution in [2.75, 3.05) is 5.73 Å². The Bertz CT molecular complexity index is 474. The molecule has 5 nitrogen and oxygen atoms in total. The minimum Gasteiger partial charge on any atom is -0.478 e. The summed E-state index contributed by atoms with van der Waals surface area (Å²) in [6.45, 7) is 0. The van der Waals surface area contributed by atoms with Gasteiger partial charge < -0.3 is 10.8 Å². The Morgan fingerprint density at radius 3 is 2.24 bits per heavy atom. The molecule has 1 aromatic carbocycles. The van der Waals surface area contributed by atoms with Crippen LogP contribution in [0.1, 0.15) is 10.4 Å². The van der Waals surface area contributed by atoms with Gasteiger partial charge in [0.1, 0.15) is 5.82 Å². The molecule has 2 aromatic rings. The molecular weight excluding hydrogens is 242 g/mol. The molecule has 1 heterocycles. The monoisotopic (exact) mass is 251 g/mol. The molecule has 0 aliphatic heterocycles. The van der Waals surface area contributed by atoms with Crippen LogP contribution >= 0.6 is 11.6 Å². The van der Waals surface area contributed by atoms with Crippen molar-refractivity contribution in [2.45, 2.75) is 0 Å². The van der Waals surface area contributed by atoms with Crippen LogP contribution in [0, 0.1) is 0 Å². The van der Waals surface area contributed by atoms with Crippen LogP contribution < -0.4 is 5.73 Å². The van der Waals surface area contributed by atoms with Crippen LogP contribution in [0.3, 0.4) is 0 Å². The van der Waals surface area contributed by atoms with Gasteiger partial charge in [-0.1, -0.05) is 18.2 Å². The Balaban J connectivity index is 0.000000171. The van der Waals surface area contributed by atoms with E-state index in [-0.39, 0.29) is 5.28 Å². The highest BCUT2D eigenvalue weighted by Gasteiger charge is 1.96. The van der Waals surface area contributed by atoms with E-state index in [1.54, 1.807) is 36.4 Å². The molecule has 0 bridgehead atoms. The summed E-state index contributed by atoms with van der Waals surface area (Å²) in [6, 6.07) is 9.87. The quantitative estimate of drug-likeness (QED) is 0.758. The van der Waals surface area contributed by atoms with Crippen molar-refractivity contribution < 1.29 is 9.90 Å². The highest BCUT2D eigenvalue weighted by Crippen LogP contribution is 2.00. The second-order valence-corrected chi connectivity index (χ2v) is 3.26. The van der Waals surface area contributed by atoms with Crippen molar-refractivity contribution in [1.82, 2.24) is 9.97 Å². The fraction of sp³-hybridized carbons (Fsp3) is 0. The van der Waals surface area contributed by atoms with Gasteiger partial charge in [-0.25, -0.2) is 14.8 Å². The van der Waals surface area contributed by atoms with Crippen LogP contribution in [-0.2, 0) is 0 Å². The number of anilines is 1. The van der Waals surface area contributed by atoms with Crippen molar-refractivity contribution >= 4 is 23.4 Å². The van der Waals surface area contributed by atoms with E-state index >= 15 is 0 Å². The minimum atomic E-state index is -0.879. The summed E-state index contributed by atoms with van der Waals surface area (Å²) in [5.74, 6) is -0.486. The molecule has 0 amide bonds. The normalized spacial score (nSPS) is 9.00. The third kappa shape index (κ3) is 4.94. The van der Waals surface area contributed by atoms with Gasteiger partial charge in [-0.2, -0.15) is 0 Å². The van der Waals surface area contributed by atoms with Gasteiger partial charge in [0.2, 0.25) is 5.28 Å². The summed E-state index contributed by atoms with van der Waals surface area (Å²) in [4.78, 5) is 17.4. The third-order valence-electron chi connectivity index (χ3n) is 1.67. The number of nitrogens with two attached hydrogens (primary N) is 1. The molecule has 0 atom stereocenters. The van der Waals surface area contributed by atoms with E-state index in [0.717, 1.165) is 0 Å². The van der Waals surface area contributed by atoms with Gasteiger partial charge in [0.15, 0.2) is 0 Å². The van der Waals surface area contributed by atoms with Gasteiger partial charge in [-0.3, -0.25) is 0 Å². The van der Waals surface area contributed by atoms with E-state index in [9.17, 15) is 4.79 Å². The number of carboxylic acids is 1. The fourth-order valence-corrected chi connectivity index (χ4v) is 1.08. The summed E-state index contributed by atoms with van der Waals surface area (Å²) < 4.78 is 0. The first-order valence-electron chi connectivity index (χ1n) is 4.62. The molecule has 88 valence electrons. The highest BCUT2D eigenvalue weighted by atomic mass is 35.5. The highest BCUT2D eigenvalue weighted by molar-refractivity contribution is 6.28. The lowest BCUT2D eigenvalue weighted by molar-refractivity contribution is 0.0697. The molecule has 0 aliphatic rings. The lowest BCUT2D eigenvalue weighted by atomic mass is 10.2. The molecule has 0 saturated heterocycles. The first kappa shape index (κ1) is 12.9. The predicted molar refractivity (Wildman–Crippen MR) is 64.9 cm³/mol. The van der Waals surface area contributed by atoms with Gasteiger partial charge >= 0.3 is 5.97 Å². The maximum Gasteiger partial charge on any atom is 0.335 e. The predicted octanol–water partition coefficient (Wildman–Crippen LogP) is 2.10. The number of aromatic nitrogens is 2. The molecule has 0 unspecified atom stereocenters. The molecular formula is C11H10ClN3O2. The first-order chi connectivity index (χ1) is 8.09. The van der Waals surface area contributed by atoms with Crippen LogP contribution in [0.15, 0.2) is 42.6 Å². The maximum atomic E-state index is 10.2. The number of aromatic carboxylic acids is 1. The van der Waals surface area contributed by atoms with E-state index in [0.29, 0.717) is 11.4 Å². The number of nitrogens with zero attached hydrogens (tertiary/aromatic N) is 2. The van der Waals surface area contributed by atoms with Gasteiger partial charge in [-0.05, 0) is 29.8 Å². The minimum absolute atomic E-state index is 0.185. The Morgan fingerprint density at radius 1 is 1.24 bits per heavy atom. The number of halogens is 1. The number of rotatable bonds is 1. The van der Waals surface area contributed by atoms with Crippen molar-refractivity contribution in [2.24, 2.45) is 0 Å². The summed E-state index contributed by atoms with van der Waals surface area (Å²) >= 11 is 5.34.